The van der Waals surface area contributed by atoms with Gasteiger partial charge in [0.25, 0.3) is 0 Å². The maximum Gasteiger partial charge on any atom is 0.186 e. The lowest BCUT2D eigenvalue weighted by atomic mass is 9.77. The average molecular weight is 471 g/mol. The van der Waals surface area contributed by atoms with Crippen LogP contribution in [0.4, 0.5) is 8.78 Å². The van der Waals surface area contributed by atoms with Gasteiger partial charge in [0.05, 0.1) is 13.2 Å². The predicted octanol–water partition coefficient (Wildman–Crippen LogP) is 8.60. The van der Waals surface area contributed by atoms with E-state index in [1.165, 1.54) is 62.5 Å². The molecule has 1 saturated heterocycles. The van der Waals surface area contributed by atoms with E-state index in [0.717, 1.165) is 12.3 Å². The molecule has 0 atom stereocenters. The molecule has 0 radical (unpaired) electrons. The molecule has 2 nitrogen and oxygen atoms in total. The number of hydrogen-bond donors (Lipinski definition) is 0. The summed E-state index contributed by atoms with van der Waals surface area (Å²) in [7, 11) is 0. The summed E-state index contributed by atoms with van der Waals surface area (Å²) in [6.07, 6.45) is 11.2. The van der Waals surface area contributed by atoms with E-state index >= 15 is 0 Å². The molecule has 2 fully saturated rings. The zero-order valence-electron chi connectivity index (χ0n) is 20.8. The van der Waals surface area contributed by atoms with E-state index in [1.807, 2.05) is 6.92 Å². The summed E-state index contributed by atoms with van der Waals surface area (Å²) in [6.45, 7) is 5.10. The lowest BCUT2D eigenvalue weighted by Gasteiger charge is -2.31. The lowest BCUT2D eigenvalue weighted by Crippen LogP contribution is -2.26. The molecule has 2 aromatic rings. The van der Waals surface area contributed by atoms with E-state index in [4.69, 9.17) is 9.47 Å². The molecule has 1 saturated carbocycles. The van der Waals surface area contributed by atoms with Crippen LogP contribution in [0.2, 0.25) is 0 Å². The lowest BCUT2D eigenvalue weighted by molar-refractivity contribution is -0.193. The molecule has 1 aliphatic carbocycles. The normalized spacial score (nSPS) is 25.4. The summed E-state index contributed by atoms with van der Waals surface area (Å²) in [5.74, 6) is 0.0749. The Bertz CT molecular complexity index is 895. The molecule has 0 N–H and O–H groups in total. The molecule has 2 aromatic carbocycles. The van der Waals surface area contributed by atoms with Crippen LogP contribution in [-0.2, 0) is 15.9 Å². The van der Waals surface area contributed by atoms with Crippen LogP contribution in [0.1, 0.15) is 112 Å². The summed E-state index contributed by atoms with van der Waals surface area (Å²) >= 11 is 0. The Morgan fingerprint density at radius 1 is 0.735 bits per heavy atom. The van der Waals surface area contributed by atoms with Crippen molar-refractivity contribution in [1.29, 1.82) is 0 Å². The second kappa shape index (κ2) is 12.3. The van der Waals surface area contributed by atoms with Crippen LogP contribution in [0.5, 0.6) is 0 Å². The first-order chi connectivity index (χ1) is 16.6. The fourth-order valence-corrected chi connectivity index (χ4v) is 5.63. The van der Waals surface area contributed by atoms with Gasteiger partial charge in [-0.3, -0.25) is 0 Å². The number of halogens is 2. The monoisotopic (exact) mass is 470 g/mol. The third-order valence-corrected chi connectivity index (χ3v) is 7.80. The van der Waals surface area contributed by atoms with Gasteiger partial charge in [0, 0.05) is 11.5 Å². The van der Waals surface area contributed by atoms with Crippen molar-refractivity contribution >= 4 is 0 Å². The number of hydrogen-bond acceptors (Lipinski definition) is 2. The van der Waals surface area contributed by atoms with Gasteiger partial charge in [0.1, 0.15) is 0 Å². The molecule has 1 heterocycles. The van der Waals surface area contributed by atoms with Gasteiger partial charge in [0.2, 0.25) is 0 Å². The van der Waals surface area contributed by atoms with Crippen LogP contribution in [0.25, 0.3) is 0 Å². The van der Waals surface area contributed by atoms with Gasteiger partial charge in [-0.05, 0) is 60.6 Å². The van der Waals surface area contributed by atoms with Crippen LogP contribution < -0.4 is 0 Å². The SMILES string of the molecule is CCCCCC1CCC(c2ccc(C3COC(c4ccc(CCC)c(F)c4F)OC3)cc2)CC1. The van der Waals surface area contributed by atoms with Crippen molar-refractivity contribution in [3.05, 3.63) is 70.3 Å². The smallest absolute Gasteiger partial charge is 0.186 e. The highest BCUT2D eigenvalue weighted by Gasteiger charge is 2.29. The van der Waals surface area contributed by atoms with Crippen LogP contribution in [0.15, 0.2) is 36.4 Å². The highest BCUT2D eigenvalue weighted by atomic mass is 19.2. The molecule has 0 bridgehead atoms. The number of rotatable bonds is 9. The standard InChI is InChI=1S/C30H40F2O2/c1-3-5-6-8-21-9-11-22(12-10-21)23-13-15-24(16-14-23)26-19-33-30(34-20-26)27-18-17-25(7-4-2)28(31)29(27)32/h13-18,21-22,26,30H,3-12,19-20H2,1-2H3. The third kappa shape index (κ3) is 6.07. The van der Waals surface area contributed by atoms with Gasteiger partial charge < -0.3 is 9.47 Å². The molecule has 4 rings (SSSR count). The van der Waals surface area contributed by atoms with E-state index in [0.29, 0.717) is 31.1 Å². The van der Waals surface area contributed by atoms with Gasteiger partial charge in [-0.1, -0.05) is 82.3 Å². The van der Waals surface area contributed by atoms with Gasteiger partial charge in [-0.25, -0.2) is 8.78 Å². The first kappa shape index (κ1) is 25.3. The third-order valence-electron chi connectivity index (χ3n) is 7.80. The van der Waals surface area contributed by atoms with Crippen molar-refractivity contribution in [2.45, 2.75) is 96.2 Å². The van der Waals surface area contributed by atoms with E-state index in [9.17, 15) is 8.78 Å². The Morgan fingerprint density at radius 2 is 1.38 bits per heavy atom. The zero-order valence-corrected chi connectivity index (χ0v) is 20.8. The van der Waals surface area contributed by atoms with Gasteiger partial charge in [-0.2, -0.15) is 0 Å². The average Bonchev–Trinajstić information content (AvgIpc) is 2.88. The van der Waals surface area contributed by atoms with Crippen molar-refractivity contribution in [2.75, 3.05) is 13.2 Å². The Kier molecular flexibility index (Phi) is 9.13. The fourth-order valence-electron chi connectivity index (χ4n) is 5.63. The topological polar surface area (TPSA) is 18.5 Å². The molecule has 2 aliphatic rings. The van der Waals surface area contributed by atoms with Crippen molar-refractivity contribution in [2.24, 2.45) is 5.92 Å². The fraction of sp³-hybridized carbons (Fsp3) is 0.600. The van der Waals surface area contributed by atoms with Gasteiger partial charge in [0.15, 0.2) is 17.9 Å². The Hall–Kier alpha value is -1.78. The first-order valence-corrected chi connectivity index (χ1v) is 13.4. The van der Waals surface area contributed by atoms with Crippen LogP contribution in [-0.4, -0.2) is 13.2 Å². The largest absolute Gasteiger partial charge is 0.348 e. The molecule has 0 spiro atoms. The van der Waals surface area contributed by atoms with E-state index < -0.39 is 17.9 Å². The summed E-state index contributed by atoms with van der Waals surface area (Å²) in [6, 6.07) is 12.2. The molecule has 4 heteroatoms. The molecule has 0 aromatic heterocycles. The Balaban J connectivity index is 1.29. The van der Waals surface area contributed by atoms with Gasteiger partial charge in [-0.15, -0.1) is 0 Å². The Labute approximate surface area is 204 Å². The molecule has 186 valence electrons. The van der Waals surface area contributed by atoms with Crippen LogP contribution in [0, 0.1) is 17.6 Å². The number of ether oxygens (including phenoxy) is 2. The van der Waals surface area contributed by atoms with Crippen molar-refractivity contribution < 1.29 is 18.3 Å². The molecule has 0 amide bonds. The molecular weight excluding hydrogens is 430 g/mol. The van der Waals surface area contributed by atoms with Crippen molar-refractivity contribution in [1.82, 2.24) is 0 Å². The highest BCUT2D eigenvalue weighted by Crippen LogP contribution is 2.39. The quantitative estimate of drug-likeness (QED) is 0.342. The van der Waals surface area contributed by atoms with Crippen LogP contribution in [0.3, 0.4) is 0 Å². The number of unbranched alkanes of at least 4 members (excludes halogenated alkanes) is 2. The maximum atomic E-state index is 14.6. The maximum absolute atomic E-state index is 14.6. The number of aryl methyl sites for hydroxylation is 1. The molecule has 0 unspecified atom stereocenters. The highest BCUT2D eigenvalue weighted by molar-refractivity contribution is 5.30. The first-order valence-electron chi connectivity index (χ1n) is 13.4. The summed E-state index contributed by atoms with van der Waals surface area (Å²) in [4.78, 5) is 0. The summed E-state index contributed by atoms with van der Waals surface area (Å²) in [5, 5.41) is 0. The van der Waals surface area contributed by atoms with Crippen molar-refractivity contribution in [3.63, 3.8) is 0 Å². The van der Waals surface area contributed by atoms with Gasteiger partial charge >= 0.3 is 0 Å². The molecular formula is C30H40F2O2. The molecule has 1 aliphatic heterocycles. The second-order valence-corrected chi connectivity index (χ2v) is 10.3. The van der Waals surface area contributed by atoms with Crippen molar-refractivity contribution in [3.8, 4) is 0 Å². The summed E-state index contributed by atoms with van der Waals surface area (Å²) < 4.78 is 40.6. The minimum absolute atomic E-state index is 0.104. The van der Waals surface area contributed by atoms with E-state index in [-0.39, 0.29) is 11.5 Å². The second-order valence-electron chi connectivity index (χ2n) is 10.3. The van der Waals surface area contributed by atoms with Crippen LogP contribution >= 0.6 is 0 Å². The van der Waals surface area contributed by atoms with E-state index in [1.54, 1.807) is 12.1 Å². The van der Waals surface area contributed by atoms with E-state index in [2.05, 4.69) is 31.2 Å². The number of benzene rings is 2. The predicted molar refractivity (Wildman–Crippen MR) is 133 cm³/mol. The minimum atomic E-state index is -0.854. The Morgan fingerprint density at radius 3 is 2.00 bits per heavy atom. The molecule has 34 heavy (non-hydrogen) atoms. The minimum Gasteiger partial charge on any atom is -0.348 e. The summed E-state index contributed by atoms with van der Waals surface area (Å²) in [5.41, 5.74) is 3.18. The zero-order chi connectivity index (χ0) is 23.9.